The fraction of sp³-hybridized carbons (Fsp3) is 0.333. The van der Waals surface area contributed by atoms with Crippen molar-refractivity contribution < 1.29 is 4.79 Å². The second-order valence-electron chi connectivity index (χ2n) is 7.71. The molecule has 0 saturated heterocycles. The molecule has 1 amide bonds. The number of aromatic nitrogens is 1. The number of nitrogens with zero attached hydrogens (tertiary/aromatic N) is 3. The summed E-state index contributed by atoms with van der Waals surface area (Å²) in [5, 5.41) is 17.8. The molecule has 1 heterocycles. The Morgan fingerprint density at radius 1 is 1.23 bits per heavy atom. The van der Waals surface area contributed by atoms with Gasteiger partial charge in [0.15, 0.2) is 6.19 Å². The number of nitriles is 1. The Hall–Kier alpha value is -3.66. The van der Waals surface area contributed by atoms with Crippen LogP contribution >= 0.6 is 0 Å². The van der Waals surface area contributed by atoms with Gasteiger partial charge in [-0.25, -0.2) is 0 Å². The Bertz CT molecular complexity index is 941. The fourth-order valence-corrected chi connectivity index (χ4v) is 4.04. The highest BCUT2D eigenvalue weighted by Gasteiger charge is 2.37. The molecule has 1 aliphatic rings. The number of hydrogen-bond acceptors (Lipinski definition) is 4. The lowest BCUT2D eigenvalue weighted by atomic mass is 9.68. The first kappa shape index (κ1) is 22.0. The highest BCUT2D eigenvalue weighted by atomic mass is 16.1. The van der Waals surface area contributed by atoms with Gasteiger partial charge in [0.25, 0.3) is 0 Å². The third-order valence-corrected chi connectivity index (χ3v) is 5.80. The molecule has 7 nitrogen and oxygen atoms in total. The van der Waals surface area contributed by atoms with E-state index in [1.54, 1.807) is 31.6 Å². The Balaban J connectivity index is 1.65. The predicted molar refractivity (Wildman–Crippen MR) is 122 cm³/mol. The maximum Gasteiger partial charge on any atom is 0.244 e. The number of guanidine groups is 1. The quantitative estimate of drug-likeness (QED) is 0.221. The van der Waals surface area contributed by atoms with Crippen LogP contribution in [0.25, 0.3) is 6.08 Å². The average Bonchev–Trinajstić information content (AvgIpc) is 2.83. The van der Waals surface area contributed by atoms with E-state index in [4.69, 9.17) is 5.26 Å². The first-order valence-corrected chi connectivity index (χ1v) is 10.4. The number of carbonyl (C=O) groups excluding carboxylic acids is 1. The van der Waals surface area contributed by atoms with Crippen LogP contribution in [-0.4, -0.2) is 36.5 Å². The fourth-order valence-electron chi connectivity index (χ4n) is 4.04. The third-order valence-electron chi connectivity index (χ3n) is 5.80. The van der Waals surface area contributed by atoms with Crippen molar-refractivity contribution in [3.8, 4) is 6.19 Å². The molecular weight excluding hydrogens is 388 g/mol. The number of hydrogen-bond donors (Lipinski definition) is 3. The molecule has 160 valence electrons. The summed E-state index contributed by atoms with van der Waals surface area (Å²) in [6.07, 6.45) is 12.4. The van der Waals surface area contributed by atoms with E-state index in [2.05, 4.69) is 38.1 Å². The van der Waals surface area contributed by atoms with E-state index in [0.717, 1.165) is 31.2 Å². The van der Waals surface area contributed by atoms with Gasteiger partial charge in [0, 0.05) is 43.5 Å². The van der Waals surface area contributed by atoms with Crippen LogP contribution in [0.4, 0.5) is 0 Å². The van der Waals surface area contributed by atoms with E-state index in [1.807, 2.05) is 36.5 Å². The van der Waals surface area contributed by atoms with Crippen molar-refractivity contribution in [1.82, 2.24) is 20.9 Å². The van der Waals surface area contributed by atoms with E-state index < -0.39 is 0 Å². The molecule has 0 atom stereocenters. The number of benzene rings is 1. The van der Waals surface area contributed by atoms with Crippen molar-refractivity contribution >= 4 is 17.9 Å². The number of aliphatic imine (C=N–C) groups is 1. The minimum absolute atomic E-state index is 0.106. The van der Waals surface area contributed by atoms with E-state index in [-0.39, 0.29) is 17.4 Å². The van der Waals surface area contributed by atoms with Crippen molar-refractivity contribution in [1.29, 1.82) is 5.26 Å². The van der Waals surface area contributed by atoms with Crippen molar-refractivity contribution in [2.75, 3.05) is 13.6 Å². The number of rotatable bonds is 6. The zero-order valence-electron chi connectivity index (χ0n) is 17.7. The van der Waals surface area contributed by atoms with Crippen LogP contribution in [0.2, 0.25) is 0 Å². The molecule has 1 aromatic heterocycles. The van der Waals surface area contributed by atoms with Crippen molar-refractivity contribution in [2.24, 2.45) is 4.99 Å². The third kappa shape index (κ3) is 6.16. The molecule has 31 heavy (non-hydrogen) atoms. The van der Waals surface area contributed by atoms with Crippen LogP contribution < -0.4 is 16.0 Å². The van der Waals surface area contributed by atoms with Crippen LogP contribution in [0.5, 0.6) is 0 Å². The summed E-state index contributed by atoms with van der Waals surface area (Å²) < 4.78 is 0. The molecule has 0 spiro atoms. The van der Waals surface area contributed by atoms with Crippen molar-refractivity contribution in [2.45, 2.75) is 37.1 Å². The summed E-state index contributed by atoms with van der Waals surface area (Å²) in [6.45, 7) is 0.578. The van der Waals surface area contributed by atoms with Crippen LogP contribution in [0, 0.1) is 11.5 Å². The first-order chi connectivity index (χ1) is 15.1. The highest BCUT2D eigenvalue weighted by molar-refractivity contribution is 5.91. The second-order valence-corrected chi connectivity index (χ2v) is 7.71. The van der Waals surface area contributed by atoms with Crippen LogP contribution in [0.3, 0.4) is 0 Å². The molecule has 0 aliphatic heterocycles. The monoisotopic (exact) mass is 416 g/mol. The van der Waals surface area contributed by atoms with Gasteiger partial charge >= 0.3 is 0 Å². The molecule has 1 aromatic carbocycles. The van der Waals surface area contributed by atoms with Gasteiger partial charge in [-0.15, -0.1) is 0 Å². The lowest BCUT2D eigenvalue weighted by Crippen LogP contribution is -2.49. The molecule has 0 bridgehead atoms. The van der Waals surface area contributed by atoms with Crippen molar-refractivity contribution in [3.05, 3.63) is 72.1 Å². The number of pyridine rings is 1. The molecule has 0 unspecified atom stereocenters. The van der Waals surface area contributed by atoms with Gasteiger partial charge in [0.2, 0.25) is 11.9 Å². The summed E-state index contributed by atoms with van der Waals surface area (Å²) in [5.41, 5.74) is 2.06. The van der Waals surface area contributed by atoms with Crippen LogP contribution in [0.15, 0.2) is 65.9 Å². The number of nitrogens with one attached hydrogen (secondary N) is 3. The Morgan fingerprint density at radius 3 is 2.58 bits per heavy atom. The maximum absolute atomic E-state index is 12.5. The average molecular weight is 417 g/mol. The Labute approximate surface area is 183 Å². The highest BCUT2D eigenvalue weighted by Crippen LogP contribution is 2.39. The maximum atomic E-state index is 12.5. The van der Waals surface area contributed by atoms with Gasteiger partial charge in [-0.1, -0.05) is 30.3 Å². The summed E-state index contributed by atoms with van der Waals surface area (Å²) in [7, 11) is 1.65. The smallest absolute Gasteiger partial charge is 0.244 e. The van der Waals surface area contributed by atoms with Crippen LogP contribution in [-0.2, 0) is 10.2 Å². The molecule has 7 heteroatoms. The Kier molecular flexibility index (Phi) is 7.77. The molecule has 1 saturated carbocycles. The normalized spacial score (nSPS) is 21.3. The predicted octanol–water partition coefficient (Wildman–Crippen LogP) is 2.74. The summed E-state index contributed by atoms with van der Waals surface area (Å²) in [4.78, 5) is 20.5. The molecule has 1 fully saturated rings. The number of amides is 1. The minimum Gasteiger partial charge on any atom is -0.353 e. The lowest BCUT2D eigenvalue weighted by Gasteiger charge is -2.41. The van der Waals surface area contributed by atoms with Gasteiger partial charge in [-0.2, -0.15) is 5.26 Å². The van der Waals surface area contributed by atoms with Crippen molar-refractivity contribution in [3.63, 3.8) is 0 Å². The zero-order chi connectivity index (χ0) is 21.9. The van der Waals surface area contributed by atoms with E-state index in [0.29, 0.717) is 12.5 Å². The summed E-state index contributed by atoms with van der Waals surface area (Å²) >= 11 is 0. The van der Waals surface area contributed by atoms with Gasteiger partial charge in [0.1, 0.15) is 0 Å². The standard InChI is InChI=1S/C24H28N6O/c1-26-23(29-18-25)30-21-9-13-24(14-10-21,20-5-3-2-4-6-20)17-28-22(31)8-7-19-11-15-27-16-12-19/h2-8,11-12,15-16,21H,9-10,13-14,17H2,1H3,(H,28,31)(H2,26,29,30). The SMILES string of the molecule is CN=C(NC#N)NC1CCC(CNC(=O)C=Cc2ccncc2)(c2ccccc2)CC1. The molecule has 3 N–H and O–H groups in total. The van der Waals surface area contributed by atoms with E-state index in [1.165, 1.54) is 5.56 Å². The van der Waals surface area contributed by atoms with Gasteiger partial charge in [-0.3, -0.25) is 20.1 Å². The number of carbonyl (C=O) groups is 1. The second kappa shape index (κ2) is 10.9. The Morgan fingerprint density at radius 2 is 1.94 bits per heavy atom. The minimum atomic E-state index is -0.119. The molecule has 3 rings (SSSR count). The first-order valence-electron chi connectivity index (χ1n) is 10.4. The molecular formula is C24H28N6O. The topological polar surface area (TPSA) is 102 Å². The summed E-state index contributed by atoms with van der Waals surface area (Å²) in [6, 6.07) is 14.3. The van der Waals surface area contributed by atoms with Gasteiger partial charge in [0.05, 0.1) is 0 Å². The van der Waals surface area contributed by atoms with Gasteiger partial charge < -0.3 is 10.6 Å². The molecule has 0 radical (unpaired) electrons. The lowest BCUT2D eigenvalue weighted by molar-refractivity contribution is -0.116. The summed E-state index contributed by atoms with van der Waals surface area (Å²) in [5.74, 6) is 0.389. The molecule has 2 aromatic rings. The van der Waals surface area contributed by atoms with E-state index in [9.17, 15) is 4.79 Å². The molecule has 1 aliphatic carbocycles. The zero-order valence-corrected chi connectivity index (χ0v) is 17.7. The van der Waals surface area contributed by atoms with Gasteiger partial charge in [-0.05, 0) is 55.0 Å². The largest absolute Gasteiger partial charge is 0.353 e. The van der Waals surface area contributed by atoms with Crippen LogP contribution in [0.1, 0.15) is 36.8 Å². The van der Waals surface area contributed by atoms with E-state index >= 15 is 0 Å².